The van der Waals surface area contributed by atoms with E-state index < -0.39 is 0 Å². The van der Waals surface area contributed by atoms with E-state index in [0.717, 1.165) is 23.9 Å². The Morgan fingerprint density at radius 3 is 1.88 bits per heavy atom. The molecule has 0 N–H and O–H groups in total. The van der Waals surface area contributed by atoms with Gasteiger partial charge in [0.1, 0.15) is 30.5 Å². The first-order chi connectivity index (χ1) is 24.6. The van der Waals surface area contributed by atoms with Crippen molar-refractivity contribution in [2.24, 2.45) is 5.92 Å². The second-order valence-electron chi connectivity index (χ2n) is 11.2. The molecule has 50 heavy (non-hydrogen) atoms. The lowest BCUT2D eigenvalue weighted by molar-refractivity contribution is 0.213. The maximum Gasteiger partial charge on any atom is 0.148 e. The molecule has 0 aromatic heterocycles. The molecule has 0 saturated carbocycles. The molecule has 6 aromatic rings. The predicted octanol–water partition coefficient (Wildman–Crippen LogP) is 13.1. The zero-order valence-electron chi connectivity index (χ0n) is 31.2. The van der Waals surface area contributed by atoms with E-state index in [-0.39, 0.29) is 0 Å². The minimum absolute atomic E-state index is 0.318. The third-order valence-corrected chi connectivity index (χ3v) is 8.33. The van der Waals surface area contributed by atoms with Crippen molar-refractivity contribution in [1.82, 2.24) is 0 Å². The summed E-state index contributed by atoms with van der Waals surface area (Å²) in [6.07, 6.45) is 9.30. The van der Waals surface area contributed by atoms with Crippen molar-refractivity contribution in [3.05, 3.63) is 132 Å². The summed E-state index contributed by atoms with van der Waals surface area (Å²) in [5.74, 6) is 6.50. The van der Waals surface area contributed by atoms with E-state index in [4.69, 9.17) is 20.6 Å². The molecule has 2 heterocycles. The minimum atomic E-state index is 0.318. The van der Waals surface area contributed by atoms with Crippen molar-refractivity contribution in [2.45, 2.75) is 61.3 Å². The monoisotopic (exact) mass is 666 g/mol. The first kappa shape index (κ1) is 39.2. The SMILES string of the molecule is C#CCOc1ccc2ccccc2c1.C1=Cc2c(ccc3ccccc23)OC1.CC.CC.CC.CC1COc2ccc3ccccc3c2C1C. The van der Waals surface area contributed by atoms with Gasteiger partial charge in [0.25, 0.3) is 0 Å². The molecule has 3 nitrogen and oxygen atoms in total. The Labute approximate surface area is 300 Å². The van der Waals surface area contributed by atoms with Crippen LogP contribution in [0.4, 0.5) is 0 Å². The highest BCUT2D eigenvalue weighted by atomic mass is 16.5. The molecular formula is C47H54O3. The summed E-state index contributed by atoms with van der Waals surface area (Å²) in [5, 5.41) is 7.56. The molecule has 3 heteroatoms. The number of hydrogen-bond acceptors (Lipinski definition) is 3. The van der Waals surface area contributed by atoms with Crippen LogP contribution in [-0.2, 0) is 0 Å². The Balaban J connectivity index is 0.000000189. The van der Waals surface area contributed by atoms with E-state index >= 15 is 0 Å². The number of terminal acetylenes is 1. The summed E-state index contributed by atoms with van der Waals surface area (Å²) in [6, 6.07) is 39.4. The number of ether oxygens (including phenoxy) is 3. The lowest BCUT2D eigenvalue weighted by Crippen LogP contribution is -2.21. The van der Waals surface area contributed by atoms with Crippen molar-refractivity contribution < 1.29 is 14.2 Å². The lowest BCUT2D eigenvalue weighted by atomic mass is 9.84. The highest BCUT2D eigenvalue weighted by molar-refractivity contribution is 5.93. The molecule has 2 unspecified atom stereocenters. The molecule has 0 amide bonds. The van der Waals surface area contributed by atoms with Gasteiger partial charge in [-0.3, -0.25) is 0 Å². The highest BCUT2D eigenvalue weighted by Crippen LogP contribution is 2.41. The number of fused-ring (bicyclic) bond motifs is 7. The molecule has 0 bridgehead atoms. The maximum absolute atomic E-state index is 5.81. The summed E-state index contributed by atoms with van der Waals surface area (Å²) in [6.45, 7) is 18.4. The van der Waals surface area contributed by atoms with Crippen LogP contribution < -0.4 is 14.2 Å². The van der Waals surface area contributed by atoms with Crippen LogP contribution in [0, 0.1) is 18.3 Å². The quantitative estimate of drug-likeness (QED) is 0.172. The van der Waals surface area contributed by atoms with E-state index in [2.05, 4.69) is 111 Å². The second-order valence-corrected chi connectivity index (χ2v) is 11.2. The largest absolute Gasteiger partial charge is 0.493 e. The van der Waals surface area contributed by atoms with Gasteiger partial charge in [0.05, 0.1) is 6.61 Å². The molecule has 0 radical (unpaired) electrons. The Morgan fingerprint density at radius 1 is 0.640 bits per heavy atom. The van der Waals surface area contributed by atoms with Gasteiger partial charge in [0.2, 0.25) is 0 Å². The Hall–Kier alpha value is -5.20. The summed E-state index contributed by atoms with van der Waals surface area (Å²) in [7, 11) is 0. The number of rotatable bonds is 2. The van der Waals surface area contributed by atoms with E-state index in [1.54, 1.807) is 0 Å². The Morgan fingerprint density at radius 2 is 1.20 bits per heavy atom. The third-order valence-electron chi connectivity index (χ3n) is 8.33. The van der Waals surface area contributed by atoms with Gasteiger partial charge in [-0.2, -0.15) is 0 Å². The zero-order valence-corrected chi connectivity index (χ0v) is 31.2. The number of benzene rings is 6. The van der Waals surface area contributed by atoms with Crippen molar-refractivity contribution in [1.29, 1.82) is 0 Å². The Bertz CT molecular complexity index is 1980. The van der Waals surface area contributed by atoms with Gasteiger partial charge in [-0.1, -0.05) is 158 Å². The van der Waals surface area contributed by atoms with Crippen LogP contribution in [0.5, 0.6) is 17.2 Å². The first-order valence-corrected chi connectivity index (χ1v) is 18.1. The van der Waals surface area contributed by atoms with Crippen LogP contribution in [0.25, 0.3) is 38.4 Å². The first-order valence-electron chi connectivity index (χ1n) is 18.1. The zero-order chi connectivity index (χ0) is 36.3. The van der Waals surface area contributed by atoms with Crippen molar-refractivity contribution >= 4 is 38.4 Å². The fourth-order valence-electron chi connectivity index (χ4n) is 5.78. The van der Waals surface area contributed by atoms with Crippen LogP contribution in [0.2, 0.25) is 0 Å². The van der Waals surface area contributed by atoms with E-state index in [1.807, 2.05) is 77.9 Å². The van der Waals surface area contributed by atoms with E-state index in [0.29, 0.717) is 25.0 Å². The van der Waals surface area contributed by atoms with Gasteiger partial charge in [0, 0.05) is 11.1 Å². The van der Waals surface area contributed by atoms with Crippen LogP contribution in [0.15, 0.2) is 121 Å². The van der Waals surface area contributed by atoms with Crippen LogP contribution in [-0.4, -0.2) is 19.8 Å². The van der Waals surface area contributed by atoms with Crippen LogP contribution in [0.3, 0.4) is 0 Å². The highest BCUT2D eigenvalue weighted by Gasteiger charge is 2.25. The topological polar surface area (TPSA) is 27.7 Å². The molecule has 0 fully saturated rings. The molecule has 260 valence electrons. The lowest BCUT2D eigenvalue weighted by Gasteiger charge is -2.30. The molecule has 0 spiro atoms. The van der Waals surface area contributed by atoms with Crippen molar-refractivity contribution in [3.63, 3.8) is 0 Å². The van der Waals surface area contributed by atoms with E-state index in [1.165, 1.54) is 43.4 Å². The fraction of sp³-hybridized carbons (Fsp3) is 0.277. The van der Waals surface area contributed by atoms with E-state index in [9.17, 15) is 0 Å². The van der Waals surface area contributed by atoms with Crippen molar-refractivity contribution in [3.8, 4) is 29.6 Å². The molecule has 2 aliphatic rings. The fourth-order valence-corrected chi connectivity index (χ4v) is 5.78. The molecule has 2 atom stereocenters. The summed E-state index contributed by atoms with van der Waals surface area (Å²) in [4.78, 5) is 0. The smallest absolute Gasteiger partial charge is 0.148 e. The number of hydrogen-bond donors (Lipinski definition) is 0. The van der Waals surface area contributed by atoms with Crippen LogP contribution in [0.1, 0.15) is 72.4 Å². The standard InChI is InChI=1S/C15H16O.2C13H10O.3C2H6/c1-10-9-16-14-8-7-12-5-3-4-6-13(12)15(14)11(10)2;1-2-5-11-10(4-1)7-8-13-12(11)6-3-9-14-13;1-2-9-14-13-8-7-11-5-3-4-6-12(11)10-13;3*1-2/h3-8,10-11H,9H2,1-2H3;1-8H,9H2;1,3-8,10H,9H2;3*1-2H3. The minimum Gasteiger partial charge on any atom is -0.493 e. The van der Waals surface area contributed by atoms with Gasteiger partial charge in [0.15, 0.2) is 0 Å². The molecule has 8 rings (SSSR count). The average molecular weight is 667 g/mol. The van der Waals surface area contributed by atoms with Gasteiger partial charge in [-0.05, 0) is 74.5 Å². The van der Waals surface area contributed by atoms with Gasteiger partial charge in [-0.25, -0.2) is 0 Å². The Kier molecular flexibility index (Phi) is 16.5. The summed E-state index contributed by atoms with van der Waals surface area (Å²) < 4.78 is 16.7. The normalized spacial score (nSPS) is 14.5. The summed E-state index contributed by atoms with van der Waals surface area (Å²) >= 11 is 0. The van der Waals surface area contributed by atoms with Crippen LogP contribution >= 0.6 is 0 Å². The molecule has 0 aliphatic carbocycles. The predicted molar refractivity (Wildman–Crippen MR) is 218 cm³/mol. The maximum atomic E-state index is 5.81. The average Bonchev–Trinajstić information content (AvgIpc) is 3.21. The molecular weight excluding hydrogens is 613 g/mol. The van der Waals surface area contributed by atoms with Crippen molar-refractivity contribution in [2.75, 3.05) is 19.8 Å². The van der Waals surface area contributed by atoms with Gasteiger partial charge < -0.3 is 14.2 Å². The summed E-state index contributed by atoms with van der Waals surface area (Å²) in [5.41, 5.74) is 2.59. The molecule has 2 aliphatic heterocycles. The van der Waals surface area contributed by atoms with Gasteiger partial charge in [-0.15, -0.1) is 6.42 Å². The molecule has 6 aromatic carbocycles. The third kappa shape index (κ3) is 9.93. The second kappa shape index (κ2) is 21.0. The molecule has 0 saturated heterocycles. The van der Waals surface area contributed by atoms with Gasteiger partial charge >= 0.3 is 0 Å².